The summed E-state index contributed by atoms with van der Waals surface area (Å²) in [6, 6.07) is 2.14. The van der Waals surface area contributed by atoms with Gasteiger partial charge in [-0.1, -0.05) is 13.8 Å². The molecule has 4 nitrogen and oxygen atoms in total. The van der Waals surface area contributed by atoms with Gasteiger partial charge >= 0.3 is 0 Å². The molecule has 1 aliphatic heterocycles. The topological polar surface area (TPSA) is 37.4 Å². The fourth-order valence-electron chi connectivity index (χ4n) is 2.78. The molecule has 1 atom stereocenters. The number of methoxy groups -OCH3 is 1. The molecule has 1 aliphatic rings. The highest BCUT2D eigenvalue weighted by Crippen LogP contribution is 2.26. The normalized spacial score (nSPS) is 19.0. The fraction of sp³-hybridized carbons (Fsp3) is 0.688. The fourth-order valence-corrected chi connectivity index (χ4v) is 2.78. The Balaban J connectivity index is 1.97. The molecule has 1 N–H and O–H groups in total. The number of aromatic nitrogens is 1. The van der Waals surface area contributed by atoms with Gasteiger partial charge in [-0.25, -0.2) is 0 Å². The highest BCUT2D eigenvalue weighted by Gasteiger charge is 2.23. The van der Waals surface area contributed by atoms with Crippen molar-refractivity contribution < 1.29 is 4.74 Å². The van der Waals surface area contributed by atoms with Crippen LogP contribution in [0.5, 0.6) is 0 Å². The van der Waals surface area contributed by atoms with Crippen LogP contribution in [0, 0.1) is 11.8 Å². The number of ether oxygens (including phenoxy) is 1. The molecular formula is C16H27N3O. The zero-order valence-corrected chi connectivity index (χ0v) is 12.9. The van der Waals surface area contributed by atoms with Crippen molar-refractivity contribution in [3.8, 4) is 0 Å². The van der Waals surface area contributed by atoms with Crippen molar-refractivity contribution >= 4 is 5.69 Å². The molecule has 0 amide bonds. The highest BCUT2D eigenvalue weighted by atomic mass is 16.5. The molecule has 2 rings (SSSR count). The Morgan fingerprint density at radius 2 is 2.35 bits per heavy atom. The molecule has 1 aromatic rings. The lowest BCUT2D eigenvalue weighted by atomic mass is 10.1. The van der Waals surface area contributed by atoms with Crippen LogP contribution in [0.3, 0.4) is 0 Å². The number of hydrogen-bond acceptors (Lipinski definition) is 4. The van der Waals surface area contributed by atoms with E-state index in [1.54, 1.807) is 7.11 Å². The maximum absolute atomic E-state index is 5.28. The van der Waals surface area contributed by atoms with Crippen molar-refractivity contribution in [2.75, 3.05) is 38.3 Å². The molecule has 1 fully saturated rings. The van der Waals surface area contributed by atoms with E-state index in [9.17, 15) is 0 Å². The largest absolute Gasteiger partial charge is 0.384 e. The summed E-state index contributed by atoms with van der Waals surface area (Å²) in [7, 11) is 1.79. The second kappa shape index (κ2) is 7.60. The first-order valence-electron chi connectivity index (χ1n) is 7.58. The van der Waals surface area contributed by atoms with Crippen LogP contribution in [0.2, 0.25) is 0 Å². The van der Waals surface area contributed by atoms with Gasteiger partial charge in [0.2, 0.25) is 0 Å². The maximum Gasteiger partial charge on any atom is 0.0508 e. The molecule has 0 bridgehead atoms. The molecule has 0 spiro atoms. The Bertz CT molecular complexity index is 408. The third-order valence-electron chi connectivity index (χ3n) is 3.77. The first kappa shape index (κ1) is 15.3. The van der Waals surface area contributed by atoms with E-state index >= 15 is 0 Å². The summed E-state index contributed by atoms with van der Waals surface area (Å²) in [5.41, 5.74) is 2.63. The average molecular weight is 277 g/mol. The minimum Gasteiger partial charge on any atom is -0.384 e. The Labute approximate surface area is 122 Å². The second-order valence-electron chi connectivity index (χ2n) is 6.09. The first-order valence-corrected chi connectivity index (χ1v) is 7.58. The lowest BCUT2D eigenvalue weighted by Crippen LogP contribution is -2.25. The molecule has 0 aliphatic carbocycles. The van der Waals surface area contributed by atoms with Gasteiger partial charge in [-0.15, -0.1) is 0 Å². The van der Waals surface area contributed by atoms with Crippen LogP contribution in [0.1, 0.15) is 25.8 Å². The van der Waals surface area contributed by atoms with E-state index in [-0.39, 0.29) is 0 Å². The summed E-state index contributed by atoms with van der Waals surface area (Å²) < 4.78 is 5.28. The van der Waals surface area contributed by atoms with E-state index in [0.29, 0.717) is 11.8 Å². The summed E-state index contributed by atoms with van der Waals surface area (Å²) in [4.78, 5) is 6.75. The molecule has 0 saturated carbocycles. The summed E-state index contributed by atoms with van der Waals surface area (Å²) in [6.45, 7) is 9.47. The first-order chi connectivity index (χ1) is 9.70. The van der Waals surface area contributed by atoms with Gasteiger partial charge in [-0.05, 0) is 24.9 Å². The van der Waals surface area contributed by atoms with Crippen LogP contribution in [0.25, 0.3) is 0 Å². The van der Waals surface area contributed by atoms with E-state index in [2.05, 4.69) is 35.1 Å². The molecule has 1 unspecified atom stereocenters. The minimum absolute atomic E-state index is 0.657. The van der Waals surface area contributed by atoms with Crippen molar-refractivity contribution in [3.05, 3.63) is 24.0 Å². The Morgan fingerprint density at radius 1 is 1.50 bits per heavy atom. The standard InChI is InChI=1S/C16H27N3O/c1-13(2)8-18-10-15-9-17-6-4-16(15)19-7-5-14(11-19)12-20-3/h4,6,9,13-14,18H,5,7-8,10-12H2,1-3H3. The van der Waals surface area contributed by atoms with Crippen molar-refractivity contribution in [1.82, 2.24) is 10.3 Å². The number of rotatable bonds is 7. The molecular weight excluding hydrogens is 250 g/mol. The highest BCUT2D eigenvalue weighted by molar-refractivity contribution is 5.53. The van der Waals surface area contributed by atoms with Crippen LogP contribution >= 0.6 is 0 Å². The van der Waals surface area contributed by atoms with Crippen LogP contribution in [0.15, 0.2) is 18.5 Å². The van der Waals surface area contributed by atoms with E-state index in [1.807, 2.05) is 12.4 Å². The van der Waals surface area contributed by atoms with E-state index in [4.69, 9.17) is 4.74 Å². The molecule has 1 saturated heterocycles. The van der Waals surface area contributed by atoms with Gasteiger partial charge in [0.15, 0.2) is 0 Å². The number of hydrogen-bond donors (Lipinski definition) is 1. The smallest absolute Gasteiger partial charge is 0.0508 e. The summed E-state index contributed by atoms with van der Waals surface area (Å²) in [6.07, 6.45) is 5.10. The lowest BCUT2D eigenvalue weighted by molar-refractivity contribution is 0.161. The van der Waals surface area contributed by atoms with Gasteiger partial charge in [0.25, 0.3) is 0 Å². The van der Waals surface area contributed by atoms with Gasteiger partial charge in [0.05, 0.1) is 6.61 Å². The second-order valence-corrected chi connectivity index (χ2v) is 6.09. The van der Waals surface area contributed by atoms with Gasteiger partial charge < -0.3 is 15.0 Å². The van der Waals surface area contributed by atoms with Crippen LogP contribution in [0.4, 0.5) is 5.69 Å². The molecule has 4 heteroatoms. The van der Waals surface area contributed by atoms with Crippen molar-refractivity contribution in [1.29, 1.82) is 0 Å². The number of anilines is 1. The summed E-state index contributed by atoms with van der Waals surface area (Å²) in [5, 5.41) is 3.51. The van der Waals surface area contributed by atoms with Gasteiger partial charge in [0.1, 0.15) is 0 Å². The molecule has 20 heavy (non-hydrogen) atoms. The number of nitrogens with one attached hydrogen (secondary N) is 1. The van der Waals surface area contributed by atoms with Crippen molar-refractivity contribution in [2.24, 2.45) is 11.8 Å². The van der Waals surface area contributed by atoms with Crippen LogP contribution in [-0.2, 0) is 11.3 Å². The lowest BCUT2D eigenvalue weighted by Gasteiger charge is -2.22. The van der Waals surface area contributed by atoms with Crippen molar-refractivity contribution in [2.45, 2.75) is 26.8 Å². The van der Waals surface area contributed by atoms with E-state index in [1.165, 1.54) is 17.7 Å². The van der Waals surface area contributed by atoms with E-state index in [0.717, 1.165) is 32.8 Å². The van der Waals surface area contributed by atoms with Crippen LogP contribution in [-0.4, -0.2) is 38.3 Å². The zero-order valence-electron chi connectivity index (χ0n) is 12.9. The number of nitrogens with zero attached hydrogens (tertiary/aromatic N) is 2. The Morgan fingerprint density at radius 3 is 3.10 bits per heavy atom. The van der Waals surface area contributed by atoms with Gasteiger partial charge in [-0.2, -0.15) is 0 Å². The molecule has 2 heterocycles. The van der Waals surface area contributed by atoms with Gasteiger partial charge in [0, 0.05) is 56.3 Å². The molecule has 0 radical (unpaired) electrons. The average Bonchev–Trinajstić information content (AvgIpc) is 2.88. The number of pyridine rings is 1. The third-order valence-corrected chi connectivity index (χ3v) is 3.77. The summed E-state index contributed by atoms with van der Waals surface area (Å²) >= 11 is 0. The van der Waals surface area contributed by atoms with E-state index < -0.39 is 0 Å². The predicted octanol–water partition coefficient (Wildman–Crippen LogP) is 2.30. The van der Waals surface area contributed by atoms with Crippen LogP contribution < -0.4 is 10.2 Å². The molecule has 0 aromatic carbocycles. The molecule has 112 valence electrons. The summed E-state index contributed by atoms with van der Waals surface area (Å²) in [5.74, 6) is 1.33. The predicted molar refractivity (Wildman–Crippen MR) is 83.0 cm³/mol. The SMILES string of the molecule is COCC1CCN(c2ccncc2CNCC(C)C)C1. The Hall–Kier alpha value is -1.13. The quantitative estimate of drug-likeness (QED) is 0.830. The maximum atomic E-state index is 5.28. The Kier molecular flexibility index (Phi) is 5.80. The van der Waals surface area contributed by atoms with Crippen molar-refractivity contribution in [3.63, 3.8) is 0 Å². The monoisotopic (exact) mass is 277 g/mol. The van der Waals surface area contributed by atoms with Gasteiger partial charge in [-0.3, -0.25) is 4.98 Å². The third kappa shape index (κ3) is 4.18. The molecule has 1 aromatic heterocycles. The zero-order chi connectivity index (χ0) is 14.4. The minimum atomic E-state index is 0.657.